The smallest absolute Gasteiger partial charge is 0.268 e. The first-order valence-corrected chi connectivity index (χ1v) is 26.9. The van der Waals surface area contributed by atoms with Gasteiger partial charge < -0.3 is 13.9 Å². The van der Waals surface area contributed by atoms with Crippen molar-refractivity contribution < 1.29 is 86.6 Å². The third-order valence-corrected chi connectivity index (χ3v) is 15.7. The molecule has 12 aromatic rings. The van der Waals surface area contributed by atoms with Crippen LogP contribution in [0.4, 0.5) is 0 Å². The van der Waals surface area contributed by atoms with Gasteiger partial charge >= 0.3 is 0 Å². The summed E-state index contributed by atoms with van der Waals surface area (Å²) in [5, 5.41) is 1.59. The van der Waals surface area contributed by atoms with E-state index in [0.29, 0.717) is 11.3 Å². The second-order valence-electron chi connectivity index (χ2n) is 22.3. The minimum atomic E-state index is -5.12. The first-order valence-electron chi connectivity index (χ1n) is 47.4. The molecule has 0 aliphatic heterocycles. The Morgan fingerprint density at radius 2 is 1.13 bits per heavy atom. The van der Waals surface area contributed by atoms with E-state index >= 15 is 0 Å². The molecule has 0 fully saturated rings. The summed E-state index contributed by atoms with van der Waals surface area (Å²) in [5.74, 6) is 0.651. The number of fused-ring (bicyclic) bond motifs is 14. The number of nitrogens with zero attached hydrogens (tertiary/aromatic N) is 4. The van der Waals surface area contributed by atoms with Crippen LogP contribution < -0.4 is 9.30 Å². The second kappa shape index (κ2) is 20.0. The van der Waals surface area contributed by atoms with Crippen LogP contribution in [0.2, 0.25) is 0 Å². The number of aromatic nitrogens is 4. The maximum Gasteiger partial charge on any atom is 0.268 e. The third-order valence-electron chi connectivity index (χ3n) is 15.7. The predicted octanol–water partition coefficient (Wildman–Crippen LogP) is 20.2. The Morgan fingerprint density at radius 3 is 1.79 bits per heavy atom. The molecule has 430 valence electrons. The summed E-state index contributed by atoms with van der Waals surface area (Å²) in [4.78, 5) is 4.77. The summed E-state index contributed by atoms with van der Waals surface area (Å²) in [7, 11) is 0. The molecule has 3 aromatic heterocycles. The topological polar surface area (TPSA) is 35.9 Å². The zero-order chi connectivity index (χ0) is 93.5. The van der Waals surface area contributed by atoms with Crippen molar-refractivity contribution in [2.45, 2.75) is 128 Å². The largest absolute Gasteiger partial charge is 0.510 e. The average molecular weight is 1340 g/mol. The Hall–Kier alpha value is -8.11. The van der Waals surface area contributed by atoms with Gasteiger partial charge in [0.05, 0.1) is 29.1 Å². The Kier molecular flexibility index (Phi) is 6.15. The van der Waals surface area contributed by atoms with Gasteiger partial charge in [-0.3, -0.25) is 4.57 Å². The Labute approximate surface area is 579 Å². The summed E-state index contributed by atoms with van der Waals surface area (Å²) < 4.78 is 408. The molecule has 0 bridgehead atoms. The molecule has 0 saturated carbocycles. The minimum absolute atomic E-state index is 0. The van der Waals surface area contributed by atoms with Crippen LogP contribution >= 0.6 is 0 Å². The fourth-order valence-electron chi connectivity index (χ4n) is 11.7. The molecule has 0 N–H and O–H groups in total. The molecule has 5 nitrogen and oxygen atoms in total. The molecule has 6 heteroatoms. The summed E-state index contributed by atoms with van der Waals surface area (Å²) >= 11 is 0. The van der Waals surface area contributed by atoms with Gasteiger partial charge in [0.2, 0.25) is 0 Å². The summed E-state index contributed by atoms with van der Waals surface area (Å²) in [5.41, 5.74) is -37.8. The monoisotopic (exact) mass is 1340 g/mol. The minimum Gasteiger partial charge on any atom is -0.510 e. The van der Waals surface area contributed by atoms with E-state index in [2.05, 4.69) is 39.2 Å². The molecule has 3 aliphatic carbocycles. The first-order chi connectivity index (χ1) is 57.6. The molecule has 3 aliphatic rings. The maximum absolute atomic E-state index is 11.4. The van der Waals surface area contributed by atoms with Crippen molar-refractivity contribution in [3.05, 3.63) is 234 Å². The molecule has 9 aromatic carbocycles. The van der Waals surface area contributed by atoms with Gasteiger partial charge in [0.25, 0.3) is 6.33 Å². The number of pyridine rings is 1. The molecule has 0 saturated heterocycles. The number of ether oxygens (including phenoxy) is 1. The number of rotatable bonds is 6. The van der Waals surface area contributed by atoms with Crippen molar-refractivity contribution in [1.29, 1.82) is 0 Å². The van der Waals surface area contributed by atoms with Crippen molar-refractivity contribution in [3.63, 3.8) is 0 Å². The van der Waals surface area contributed by atoms with E-state index in [0.717, 1.165) is 56.8 Å². The van der Waals surface area contributed by atoms with E-state index in [1.807, 2.05) is 47.0 Å². The molecule has 0 radical (unpaired) electrons. The molecule has 0 spiro atoms. The fourth-order valence-corrected chi connectivity index (χ4v) is 11.7. The third kappa shape index (κ3) is 8.88. The van der Waals surface area contributed by atoms with E-state index in [4.69, 9.17) is 11.1 Å². The van der Waals surface area contributed by atoms with Crippen LogP contribution in [-0.4, -0.2) is 14.1 Å². The zero-order valence-electron chi connectivity index (χ0n) is 86.7. The van der Waals surface area contributed by atoms with E-state index in [1.54, 1.807) is 12.3 Å². The molecule has 3 heterocycles. The van der Waals surface area contributed by atoms with Crippen molar-refractivity contribution in [2.24, 2.45) is 0 Å². The van der Waals surface area contributed by atoms with E-state index in [1.165, 1.54) is 53.1 Å². The summed E-state index contributed by atoms with van der Waals surface area (Å²) in [6, 6.07) is 25.1. The van der Waals surface area contributed by atoms with E-state index in [9.17, 15) is 54.8 Å². The van der Waals surface area contributed by atoms with Gasteiger partial charge in [-0.25, -0.2) is 4.98 Å². The van der Waals surface area contributed by atoms with Crippen LogP contribution in [0.1, 0.15) is 185 Å². The van der Waals surface area contributed by atoms with Gasteiger partial charge in [-0.1, -0.05) is 196 Å². The summed E-state index contributed by atoms with van der Waals surface area (Å²) in [6.45, 7) is -32.2. The van der Waals surface area contributed by atoms with Crippen molar-refractivity contribution in [2.75, 3.05) is 0 Å². The standard InChI is InChI=1S/C80H72N4O.Pt/c1-76(2,3)51-36-41-81-73(42-51)84-69-29-18-17-28-58(69)59-33-32-54(44-72(59)84)85-53-25-21-24-52(43-53)82-49-83(71-31-20-19-30-70(71)82)75-55(50-22-13-12-14-23-50)34-35-60-56-26-15-16-27-57(56)61-45-65-66(78(6,7)38-37-77(65,4)5)46-62(61)63-47-67-68(48-64(63)74(60)75)80(10,11)40-39-79(67,8)9;/h12-36,41-42,45-48H,37-40H2,1-11H3;/q-2;/i4D3,5D3,6D3,7D3,8D3,9D3,10D3,11D3,12D,13D,14D,22D,23D,37D2,38D2,39D2,40D2,45D,46D,47D,48D;. The van der Waals surface area contributed by atoms with Crippen LogP contribution in [0, 0.1) is 18.5 Å². The Morgan fingerprint density at radius 1 is 0.558 bits per heavy atom. The molecular weight excluding hydrogens is 1230 g/mol. The van der Waals surface area contributed by atoms with Crippen LogP contribution in [0.15, 0.2) is 188 Å². The predicted molar refractivity (Wildman–Crippen MR) is 350 cm³/mol. The van der Waals surface area contributed by atoms with E-state index < -0.39 is 240 Å². The van der Waals surface area contributed by atoms with Crippen LogP contribution in [0.5, 0.6) is 11.5 Å². The van der Waals surface area contributed by atoms with Crippen LogP contribution in [0.25, 0.3) is 106 Å². The van der Waals surface area contributed by atoms with Gasteiger partial charge in [-0.2, -0.15) is 18.2 Å². The molecule has 0 unspecified atom stereocenters. The zero-order valence-corrected chi connectivity index (χ0v) is 48.0. The maximum atomic E-state index is 11.4. The summed E-state index contributed by atoms with van der Waals surface area (Å²) in [6.07, 6.45) is -15.4. The molecule has 15 rings (SSSR count). The van der Waals surface area contributed by atoms with Crippen molar-refractivity contribution >= 4 is 32.8 Å². The van der Waals surface area contributed by atoms with Crippen LogP contribution in [0.3, 0.4) is 0 Å². The molecule has 86 heavy (non-hydrogen) atoms. The molecular formula is C80H72N4OPt-2. The molecule has 0 atom stereocenters. The Bertz CT molecular complexity index is 6560. The number of para-hydroxylation sites is 3. The van der Waals surface area contributed by atoms with Gasteiger partial charge in [-0.05, 0) is 178 Å². The average Bonchev–Trinajstić information content (AvgIpc) is 1.01. The van der Waals surface area contributed by atoms with Crippen LogP contribution in [-0.2, 0) is 48.1 Å². The van der Waals surface area contributed by atoms with Gasteiger partial charge in [0.1, 0.15) is 5.82 Å². The number of imidazole rings is 1. The first kappa shape index (κ1) is 26.5. The van der Waals surface area contributed by atoms with Crippen molar-refractivity contribution in [1.82, 2.24) is 14.1 Å². The second-order valence-corrected chi connectivity index (χ2v) is 22.3. The normalized spacial score (nSPS) is 26.4. The SMILES string of the molecule is [2H]c1c([2H])c([2H])c(-c2ccc3c(c2-[n+]2[c-]n(-c4[c-]c(Oc5[c-]c6c(cc5)c5ccccc5n6-c5cc(C(C)(C)C)ccn5)ccc4)c4ccccc42)-c2c([2H])c4c(c([2H])c2-c2c([2H])c5c(c([2H])c2-c2ccccc2-3)C(C([2H])([2H])[2H])(C([2H])([2H])[2H])C([2H])([2H])C([2H])([2H])C5(C([2H])([2H])[2H])C([2H])([2H])[2H])C(C([2H])([2H])[2H])(C([2H])([2H])[2H])C([2H])([2H])C([2H])([2H])C4(C([2H])([2H])[2H])C([2H])([2H])[2H])c([2H])c1[2H].[Pt]. The Balaban J connectivity index is 0.0000131. The van der Waals surface area contributed by atoms with Crippen molar-refractivity contribution in [3.8, 4) is 84.3 Å². The fraction of sp³-hybridized carbons (Fsp3) is 0.250. The number of hydrogen-bond acceptors (Lipinski definition) is 2. The molecule has 0 amide bonds. The quantitative estimate of drug-likeness (QED) is 0.123. The van der Waals surface area contributed by atoms with Gasteiger partial charge in [0.15, 0.2) is 0 Å². The van der Waals surface area contributed by atoms with E-state index in [-0.39, 0.29) is 54.7 Å². The number of benzene rings is 9. The van der Waals surface area contributed by atoms with Gasteiger partial charge in [0, 0.05) is 93.7 Å². The van der Waals surface area contributed by atoms with Gasteiger partial charge in [-0.15, -0.1) is 29.7 Å². The number of hydrogen-bond donors (Lipinski definition) is 0.